The largest absolute Gasteiger partial charge is 0.481 e. The van der Waals surface area contributed by atoms with Gasteiger partial charge >= 0.3 is 5.97 Å². The third-order valence-corrected chi connectivity index (χ3v) is 1.68. The van der Waals surface area contributed by atoms with E-state index >= 15 is 0 Å². The van der Waals surface area contributed by atoms with Crippen LogP contribution in [0.25, 0.3) is 0 Å². The van der Waals surface area contributed by atoms with Gasteiger partial charge in [-0.25, -0.2) is 0 Å². The van der Waals surface area contributed by atoms with Crippen LogP contribution < -0.4 is 5.73 Å². The summed E-state index contributed by atoms with van der Waals surface area (Å²) in [5, 5.41) is 8.55. The monoisotopic (exact) mass is 165 g/mol. The van der Waals surface area contributed by atoms with Crippen LogP contribution in [0.2, 0.25) is 0 Å². The van der Waals surface area contributed by atoms with E-state index in [0.717, 1.165) is 11.1 Å². The summed E-state index contributed by atoms with van der Waals surface area (Å²) in [5.41, 5.74) is 7.13. The third kappa shape index (κ3) is 2.07. The Labute approximate surface area is 70.8 Å². The lowest BCUT2D eigenvalue weighted by molar-refractivity contribution is -0.136. The van der Waals surface area contributed by atoms with E-state index in [0.29, 0.717) is 6.54 Å². The average Bonchev–Trinajstić information content (AvgIpc) is 2.04. The highest BCUT2D eigenvalue weighted by Gasteiger charge is 2.03. The molecule has 1 aromatic carbocycles. The minimum Gasteiger partial charge on any atom is -0.481 e. The molecule has 0 saturated carbocycles. The van der Waals surface area contributed by atoms with Crippen LogP contribution in [-0.2, 0) is 17.8 Å². The molecule has 1 rings (SSSR count). The second-order valence-electron chi connectivity index (χ2n) is 2.54. The van der Waals surface area contributed by atoms with E-state index in [1.54, 1.807) is 6.07 Å². The first-order valence-electron chi connectivity index (χ1n) is 3.72. The summed E-state index contributed by atoms with van der Waals surface area (Å²) < 4.78 is 0. The first-order valence-corrected chi connectivity index (χ1v) is 3.72. The van der Waals surface area contributed by atoms with Crippen LogP contribution in [0.15, 0.2) is 24.3 Å². The number of nitrogens with two attached hydrogens (primary N) is 1. The second-order valence-corrected chi connectivity index (χ2v) is 2.54. The van der Waals surface area contributed by atoms with Crippen LogP contribution in [0.3, 0.4) is 0 Å². The van der Waals surface area contributed by atoms with Gasteiger partial charge in [0.1, 0.15) is 0 Å². The van der Waals surface area contributed by atoms with Crippen LogP contribution in [0.5, 0.6) is 0 Å². The molecule has 0 unspecified atom stereocenters. The summed E-state index contributed by atoms with van der Waals surface area (Å²) in [7, 11) is 0. The van der Waals surface area contributed by atoms with Crippen molar-refractivity contribution in [2.45, 2.75) is 13.0 Å². The molecule has 3 N–H and O–H groups in total. The van der Waals surface area contributed by atoms with Crippen molar-refractivity contribution in [1.82, 2.24) is 0 Å². The molecule has 1 aromatic rings. The Bertz CT molecular complexity index is 284. The van der Waals surface area contributed by atoms with Crippen molar-refractivity contribution in [3.8, 4) is 0 Å². The fourth-order valence-corrected chi connectivity index (χ4v) is 1.09. The van der Waals surface area contributed by atoms with Gasteiger partial charge in [0.2, 0.25) is 0 Å². The average molecular weight is 165 g/mol. The maximum absolute atomic E-state index is 10.4. The summed E-state index contributed by atoms with van der Waals surface area (Å²) in [6.45, 7) is 0.392. The van der Waals surface area contributed by atoms with Crippen molar-refractivity contribution in [2.24, 2.45) is 5.73 Å². The molecule has 0 aliphatic rings. The smallest absolute Gasteiger partial charge is 0.307 e. The maximum atomic E-state index is 10.4. The Morgan fingerprint density at radius 3 is 2.42 bits per heavy atom. The Kier molecular flexibility index (Phi) is 2.82. The van der Waals surface area contributed by atoms with E-state index in [1.807, 2.05) is 18.2 Å². The van der Waals surface area contributed by atoms with Crippen LogP contribution in [-0.4, -0.2) is 11.1 Å². The molecule has 0 aliphatic carbocycles. The second kappa shape index (κ2) is 3.88. The molecule has 3 nitrogen and oxygen atoms in total. The van der Waals surface area contributed by atoms with Gasteiger partial charge in [0.15, 0.2) is 0 Å². The van der Waals surface area contributed by atoms with E-state index in [1.165, 1.54) is 0 Å². The topological polar surface area (TPSA) is 63.3 Å². The van der Waals surface area contributed by atoms with Crippen LogP contribution in [0.4, 0.5) is 0 Å². The van der Waals surface area contributed by atoms with Gasteiger partial charge in [-0.3, -0.25) is 4.79 Å². The molecule has 0 saturated heterocycles. The lowest BCUT2D eigenvalue weighted by Gasteiger charge is -2.03. The fraction of sp³-hybridized carbons (Fsp3) is 0.222. The molecule has 64 valence electrons. The lowest BCUT2D eigenvalue weighted by Crippen LogP contribution is -2.06. The Balaban J connectivity index is 2.89. The number of rotatable bonds is 3. The van der Waals surface area contributed by atoms with E-state index in [-0.39, 0.29) is 6.42 Å². The van der Waals surface area contributed by atoms with Gasteiger partial charge in [-0.2, -0.15) is 0 Å². The number of aliphatic carboxylic acids is 1. The third-order valence-electron chi connectivity index (χ3n) is 1.68. The number of benzene rings is 1. The quantitative estimate of drug-likeness (QED) is 0.695. The van der Waals surface area contributed by atoms with Gasteiger partial charge in [-0.15, -0.1) is 0 Å². The molecular formula is C9H11NO2. The molecule has 0 heterocycles. The molecule has 0 aliphatic heterocycles. The SMILES string of the molecule is NCc1ccccc1CC(=O)O. The van der Waals surface area contributed by atoms with Crippen molar-refractivity contribution >= 4 is 5.97 Å². The standard InChI is InChI=1S/C9H11NO2/c10-6-8-4-2-1-3-7(8)5-9(11)12/h1-4H,5-6,10H2,(H,11,12). The summed E-state index contributed by atoms with van der Waals surface area (Å²) in [5.74, 6) is -0.823. The molecule has 0 bridgehead atoms. The Hall–Kier alpha value is -1.35. The van der Waals surface area contributed by atoms with E-state index < -0.39 is 5.97 Å². The summed E-state index contributed by atoms with van der Waals surface area (Å²) in [6.07, 6.45) is 0.0490. The summed E-state index contributed by atoms with van der Waals surface area (Å²) in [4.78, 5) is 10.4. The molecule has 12 heavy (non-hydrogen) atoms. The zero-order valence-electron chi connectivity index (χ0n) is 6.66. The number of carboxylic acid groups (broad SMARTS) is 1. The number of carbonyl (C=O) groups is 1. The minimum atomic E-state index is -0.823. The van der Waals surface area contributed by atoms with Gasteiger partial charge in [-0.05, 0) is 11.1 Å². The van der Waals surface area contributed by atoms with E-state index in [9.17, 15) is 4.79 Å². The fourth-order valence-electron chi connectivity index (χ4n) is 1.09. The van der Waals surface area contributed by atoms with Crippen LogP contribution in [0, 0.1) is 0 Å². The summed E-state index contributed by atoms with van der Waals surface area (Å²) >= 11 is 0. The predicted octanol–water partition coefficient (Wildman–Crippen LogP) is 0.772. The van der Waals surface area contributed by atoms with Crippen molar-refractivity contribution < 1.29 is 9.90 Å². The van der Waals surface area contributed by atoms with E-state index in [4.69, 9.17) is 10.8 Å². The van der Waals surface area contributed by atoms with Crippen molar-refractivity contribution in [3.63, 3.8) is 0 Å². The molecule has 0 amide bonds. The number of hydrogen-bond acceptors (Lipinski definition) is 2. The van der Waals surface area contributed by atoms with Gasteiger partial charge in [0, 0.05) is 6.54 Å². The highest BCUT2D eigenvalue weighted by molar-refractivity contribution is 5.70. The normalized spacial score (nSPS) is 9.75. The maximum Gasteiger partial charge on any atom is 0.307 e. The van der Waals surface area contributed by atoms with Gasteiger partial charge < -0.3 is 10.8 Å². The van der Waals surface area contributed by atoms with Crippen molar-refractivity contribution in [1.29, 1.82) is 0 Å². The molecule has 0 fully saturated rings. The van der Waals surface area contributed by atoms with Gasteiger partial charge in [-0.1, -0.05) is 24.3 Å². The molecule has 3 heteroatoms. The zero-order valence-corrected chi connectivity index (χ0v) is 6.66. The molecule has 0 radical (unpaired) electrons. The molecule has 0 atom stereocenters. The van der Waals surface area contributed by atoms with Crippen molar-refractivity contribution in [3.05, 3.63) is 35.4 Å². The first kappa shape index (κ1) is 8.74. The highest BCUT2D eigenvalue weighted by atomic mass is 16.4. The molecule has 0 spiro atoms. The predicted molar refractivity (Wildman–Crippen MR) is 45.7 cm³/mol. The lowest BCUT2D eigenvalue weighted by atomic mass is 10.1. The molecule has 0 aromatic heterocycles. The van der Waals surface area contributed by atoms with Crippen LogP contribution >= 0.6 is 0 Å². The number of carboxylic acids is 1. The Morgan fingerprint density at radius 2 is 1.92 bits per heavy atom. The summed E-state index contributed by atoms with van der Waals surface area (Å²) in [6, 6.07) is 7.31. The van der Waals surface area contributed by atoms with Crippen molar-refractivity contribution in [2.75, 3.05) is 0 Å². The Morgan fingerprint density at radius 1 is 1.33 bits per heavy atom. The van der Waals surface area contributed by atoms with Crippen LogP contribution in [0.1, 0.15) is 11.1 Å². The van der Waals surface area contributed by atoms with Gasteiger partial charge in [0.05, 0.1) is 6.42 Å². The zero-order chi connectivity index (χ0) is 8.97. The minimum absolute atomic E-state index is 0.0490. The first-order chi connectivity index (χ1) is 5.74. The number of hydrogen-bond donors (Lipinski definition) is 2. The molecular weight excluding hydrogens is 154 g/mol. The van der Waals surface area contributed by atoms with E-state index in [2.05, 4.69) is 0 Å². The van der Waals surface area contributed by atoms with Gasteiger partial charge in [0.25, 0.3) is 0 Å². The highest BCUT2D eigenvalue weighted by Crippen LogP contribution is 2.08.